The number of carbonyl (C=O) groups excluding carboxylic acids is 1. The fraction of sp³-hybridized carbons (Fsp3) is 0.167. The number of carbonyl (C=O) groups is 1. The van der Waals surface area contributed by atoms with Crippen molar-refractivity contribution in [2.24, 2.45) is 0 Å². The summed E-state index contributed by atoms with van der Waals surface area (Å²) < 4.78 is 40.0. The van der Waals surface area contributed by atoms with E-state index in [0.717, 1.165) is 34.8 Å². The van der Waals surface area contributed by atoms with Crippen molar-refractivity contribution in [1.29, 1.82) is 0 Å². The molecule has 1 amide bonds. The van der Waals surface area contributed by atoms with Gasteiger partial charge in [-0.2, -0.15) is 18.3 Å². The molecule has 1 heterocycles. The second-order valence-corrected chi connectivity index (χ2v) is 6.76. The lowest BCUT2D eigenvalue weighted by molar-refractivity contribution is -0.137. The molecule has 0 radical (unpaired) electrons. The molecule has 31 heavy (non-hydrogen) atoms. The molecule has 1 N–H and O–H groups in total. The van der Waals surface area contributed by atoms with E-state index in [9.17, 15) is 18.0 Å². The number of rotatable bonds is 4. The van der Waals surface area contributed by atoms with Crippen molar-refractivity contribution in [2.75, 3.05) is 6.54 Å². The number of amides is 1. The zero-order chi connectivity index (χ0) is 22.4. The molecular weight excluding hydrogens is 403 g/mol. The van der Waals surface area contributed by atoms with Crippen molar-refractivity contribution in [2.45, 2.75) is 20.0 Å². The topological polar surface area (TPSA) is 46.9 Å². The Hall–Kier alpha value is -3.79. The molecule has 0 aliphatic rings. The zero-order valence-corrected chi connectivity index (χ0v) is 17.0. The van der Waals surface area contributed by atoms with Gasteiger partial charge in [0, 0.05) is 22.9 Å². The van der Waals surface area contributed by atoms with Gasteiger partial charge < -0.3 is 5.32 Å². The molecule has 0 bridgehead atoms. The van der Waals surface area contributed by atoms with Gasteiger partial charge in [0.1, 0.15) is 0 Å². The molecule has 0 spiro atoms. The van der Waals surface area contributed by atoms with Crippen LogP contribution in [0.2, 0.25) is 0 Å². The molecule has 1 aromatic heterocycles. The standard InChI is InChI=1S/C24H20F3N3O/c1-17-22(18(2)30(29-17)21-11-4-3-5-12-21)13-14-23(31)28-15-7-9-19-8-6-10-20(16-19)24(25,26)27/h3-6,8,10-14,16H,15H2,1-2H3,(H,28,31)/b14-13+. The van der Waals surface area contributed by atoms with Crippen LogP contribution in [0, 0.1) is 25.7 Å². The maximum Gasteiger partial charge on any atom is 0.416 e. The molecule has 4 nitrogen and oxygen atoms in total. The van der Waals surface area contributed by atoms with Gasteiger partial charge in [0.05, 0.1) is 23.5 Å². The third-order valence-electron chi connectivity index (χ3n) is 4.52. The molecule has 0 unspecified atom stereocenters. The van der Waals surface area contributed by atoms with Crippen molar-refractivity contribution in [3.63, 3.8) is 0 Å². The molecule has 0 saturated carbocycles. The second-order valence-electron chi connectivity index (χ2n) is 6.76. The average Bonchev–Trinajstić information content (AvgIpc) is 3.03. The highest BCUT2D eigenvalue weighted by molar-refractivity contribution is 5.92. The monoisotopic (exact) mass is 423 g/mol. The van der Waals surface area contributed by atoms with Gasteiger partial charge in [-0.15, -0.1) is 0 Å². The Balaban J connectivity index is 1.62. The number of nitrogens with zero attached hydrogens (tertiary/aromatic N) is 2. The number of halogens is 3. The molecule has 0 atom stereocenters. The Morgan fingerprint density at radius 3 is 2.58 bits per heavy atom. The Bertz CT molecular complexity index is 1170. The van der Waals surface area contributed by atoms with E-state index in [0.29, 0.717) is 0 Å². The van der Waals surface area contributed by atoms with Gasteiger partial charge in [0.2, 0.25) is 5.91 Å². The molecule has 0 fully saturated rings. The highest BCUT2D eigenvalue weighted by Crippen LogP contribution is 2.29. The predicted molar refractivity (Wildman–Crippen MR) is 113 cm³/mol. The second kappa shape index (κ2) is 9.35. The molecule has 7 heteroatoms. The van der Waals surface area contributed by atoms with E-state index in [2.05, 4.69) is 22.3 Å². The minimum Gasteiger partial charge on any atom is -0.342 e. The van der Waals surface area contributed by atoms with Crippen LogP contribution in [-0.4, -0.2) is 22.2 Å². The first-order valence-electron chi connectivity index (χ1n) is 9.49. The first-order chi connectivity index (χ1) is 14.8. The van der Waals surface area contributed by atoms with E-state index in [1.807, 2.05) is 48.9 Å². The molecule has 0 aliphatic carbocycles. The van der Waals surface area contributed by atoms with Crippen molar-refractivity contribution in [3.05, 3.63) is 88.8 Å². The summed E-state index contributed by atoms with van der Waals surface area (Å²) in [4.78, 5) is 12.1. The largest absolute Gasteiger partial charge is 0.416 e. The molecule has 0 saturated heterocycles. The van der Waals surface area contributed by atoms with Crippen LogP contribution < -0.4 is 5.32 Å². The van der Waals surface area contributed by atoms with E-state index < -0.39 is 11.7 Å². The lowest BCUT2D eigenvalue weighted by Crippen LogP contribution is -2.20. The summed E-state index contributed by atoms with van der Waals surface area (Å²) >= 11 is 0. The van der Waals surface area contributed by atoms with Crippen LogP contribution in [0.1, 0.15) is 28.1 Å². The van der Waals surface area contributed by atoms with E-state index in [-0.39, 0.29) is 18.0 Å². The Morgan fingerprint density at radius 1 is 1.13 bits per heavy atom. The highest BCUT2D eigenvalue weighted by atomic mass is 19.4. The Labute approximate surface area is 178 Å². The van der Waals surface area contributed by atoms with Crippen LogP contribution >= 0.6 is 0 Å². The van der Waals surface area contributed by atoms with Crippen LogP contribution in [0.25, 0.3) is 11.8 Å². The van der Waals surface area contributed by atoms with Crippen LogP contribution in [0.4, 0.5) is 13.2 Å². The molecule has 3 aromatic rings. The smallest absolute Gasteiger partial charge is 0.342 e. The first-order valence-corrected chi connectivity index (χ1v) is 9.49. The maximum atomic E-state index is 12.7. The summed E-state index contributed by atoms with van der Waals surface area (Å²) in [7, 11) is 0. The maximum absolute atomic E-state index is 12.7. The summed E-state index contributed by atoms with van der Waals surface area (Å²) in [5.41, 5.74) is 2.94. The Morgan fingerprint density at radius 2 is 1.87 bits per heavy atom. The van der Waals surface area contributed by atoms with Gasteiger partial charge in [-0.25, -0.2) is 4.68 Å². The van der Waals surface area contributed by atoms with Gasteiger partial charge in [-0.05, 0) is 50.3 Å². The summed E-state index contributed by atoms with van der Waals surface area (Å²) in [5.74, 6) is 4.93. The molecule has 3 rings (SSSR count). The van der Waals surface area contributed by atoms with Crippen LogP contribution in [0.3, 0.4) is 0 Å². The lowest BCUT2D eigenvalue weighted by atomic mass is 10.1. The van der Waals surface area contributed by atoms with Crippen molar-refractivity contribution in [3.8, 4) is 17.5 Å². The quantitative estimate of drug-likeness (QED) is 0.489. The SMILES string of the molecule is Cc1nn(-c2ccccc2)c(C)c1/C=C/C(=O)NCC#Cc1cccc(C(F)(F)F)c1. The Kier molecular flexibility index (Phi) is 6.61. The number of aromatic nitrogens is 2. The number of aryl methyl sites for hydroxylation is 1. The lowest BCUT2D eigenvalue weighted by Gasteiger charge is -2.05. The van der Waals surface area contributed by atoms with Crippen molar-refractivity contribution >= 4 is 12.0 Å². The van der Waals surface area contributed by atoms with Crippen LogP contribution in [-0.2, 0) is 11.0 Å². The van der Waals surface area contributed by atoms with Gasteiger partial charge in [-0.3, -0.25) is 4.79 Å². The number of alkyl halides is 3. The fourth-order valence-corrected chi connectivity index (χ4v) is 2.99. The van der Waals surface area contributed by atoms with Gasteiger partial charge in [0.15, 0.2) is 0 Å². The number of hydrogen-bond acceptors (Lipinski definition) is 2. The van der Waals surface area contributed by atoms with Gasteiger partial charge in [-0.1, -0.05) is 36.1 Å². The van der Waals surface area contributed by atoms with Crippen molar-refractivity contribution in [1.82, 2.24) is 15.1 Å². The van der Waals surface area contributed by atoms with Gasteiger partial charge in [0.25, 0.3) is 0 Å². The van der Waals surface area contributed by atoms with Crippen LogP contribution in [0.5, 0.6) is 0 Å². The summed E-state index contributed by atoms with van der Waals surface area (Å²) in [5, 5.41) is 7.12. The zero-order valence-electron chi connectivity index (χ0n) is 17.0. The minimum absolute atomic E-state index is 0.0145. The van der Waals surface area contributed by atoms with E-state index in [1.54, 1.807) is 6.08 Å². The first kappa shape index (κ1) is 21.9. The number of para-hydroxylation sites is 1. The van der Waals surface area contributed by atoms with E-state index in [4.69, 9.17) is 0 Å². The minimum atomic E-state index is -4.42. The average molecular weight is 423 g/mol. The third-order valence-corrected chi connectivity index (χ3v) is 4.52. The molecular formula is C24H20F3N3O. The van der Waals surface area contributed by atoms with E-state index >= 15 is 0 Å². The predicted octanol–water partition coefficient (Wildman–Crippen LogP) is 4.69. The normalized spacial score (nSPS) is 11.3. The number of hydrogen-bond donors (Lipinski definition) is 1. The molecule has 158 valence electrons. The summed E-state index contributed by atoms with van der Waals surface area (Å²) in [6, 6.07) is 14.4. The highest BCUT2D eigenvalue weighted by Gasteiger charge is 2.30. The molecule has 2 aromatic carbocycles. The number of nitrogens with one attached hydrogen (secondary N) is 1. The van der Waals surface area contributed by atoms with E-state index in [1.165, 1.54) is 18.2 Å². The third kappa shape index (κ3) is 5.64. The van der Waals surface area contributed by atoms with Crippen LogP contribution in [0.15, 0.2) is 60.7 Å². The number of benzene rings is 2. The summed E-state index contributed by atoms with van der Waals surface area (Å²) in [6.07, 6.45) is -1.34. The van der Waals surface area contributed by atoms with Gasteiger partial charge >= 0.3 is 6.18 Å². The van der Waals surface area contributed by atoms with Crippen molar-refractivity contribution < 1.29 is 18.0 Å². The summed E-state index contributed by atoms with van der Waals surface area (Å²) in [6.45, 7) is 3.80. The molecule has 0 aliphatic heterocycles. The fourth-order valence-electron chi connectivity index (χ4n) is 2.99.